The molecule has 2 heterocycles. The summed E-state index contributed by atoms with van der Waals surface area (Å²) in [7, 11) is 1.54. The highest BCUT2D eigenvalue weighted by molar-refractivity contribution is 6.48. The third kappa shape index (κ3) is 4.15. The largest absolute Gasteiger partial charge is 0.497 e. The highest BCUT2D eigenvalue weighted by Crippen LogP contribution is 2.31. The zero-order valence-corrected chi connectivity index (χ0v) is 18.2. The molecule has 2 aromatic carbocycles. The number of aromatic nitrogens is 2. The Morgan fingerprint density at radius 2 is 1.88 bits per heavy atom. The fourth-order valence-electron chi connectivity index (χ4n) is 3.65. The van der Waals surface area contributed by atoms with Crippen LogP contribution in [0.15, 0.2) is 60.8 Å². The van der Waals surface area contributed by atoms with E-state index in [9.17, 15) is 14.7 Å². The number of nitrogens with one attached hydrogen (secondary N) is 1. The van der Waals surface area contributed by atoms with E-state index in [1.54, 1.807) is 20.1 Å². The lowest BCUT2D eigenvalue weighted by atomic mass is 10.1. The van der Waals surface area contributed by atoms with E-state index in [0.29, 0.717) is 34.0 Å². The Balaban J connectivity index is 1.77. The zero-order chi connectivity index (χ0) is 22.8. The first-order chi connectivity index (χ1) is 15.4. The highest BCUT2D eigenvalue weighted by atomic mass is 35.5. The van der Waals surface area contributed by atoms with Gasteiger partial charge in [0.1, 0.15) is 5.75 Å². The number of fused-ring (bicyclic) bond motifs is 1. The van der Waals surface area contributed by atoms with Gasteiger partial charge < -0.3 is 19.7 Å². The van der Waals surface area contributed by atoms with Crippen molar-refractivity contribution in [3.05, 3.63) is 82.6 Å². The molecule has 162 valence electrons. The number of amides is 1. The minimum absolute atomic E-state index is 0.254. The summed E-state index contributed by atoms with van der Waals surface area (Å²) in [6.07, 6.45) is 1.34. The normalized spacial score (nSPS) is 10.8. The van der Waals surface area contributed by atoms with Crippen LogP contribution >= 0.6 is 11.6 Å². The van der Waals surface area contributed by atoms with Gasteiger partial charge in [0, 0.05) is 46.1 Å². The SMILES string of the molecule is COc1ccc2c(c1)c(C(=O)C(=O)Nc1ccnc(O)c1)c(C)n2Cc1ccc(Cl)cc1. The molecule has 0 saturated heterocycles. The second-order valence-corrected chi connectivity index (χ2v) is 7.68. The maximum atomic E-state index is 13.2. The first-order valence-electron chi connectivity index (χ1n) is 9.79. The summed E-state index contributed by atoms with van der Waals surface area (Å²) in [5.41, 5.74) is 3.03. The first-order valence-corrected chi connectivity index (χ1v) is 10.2. The van der Waals surface area contributed by atoms with Crippen molar-refractivity contribution in [1.29, 1.82) is 0 Å². The summed E-state index contributed by atoms with van der Waals surface area (Å²) in [6, 6.07) is 15.6. The molecule has 2 N–H and O–H groups in total. The van der Waals surface area contributed by atoms with Crippen LogP contribution in [0.4, 0.5) is 5.69 Å². The molecule has 4 aromatic rings. The molecule has 0 unspecified atom stereocenters. The third-order valence-electron chi connectivity index (χ3n) is 5.22. The van der Waals surface area contributed by atoms with Gasteiger partial charge in [0.05, 0.1) is 12.7 Å². The van der Waals surface area contributed by atoms with Gasteiger partial charge in [-0.3, -0.25) is 9.59 Å². The minimum atomic E-state index is -0.813. The summed E-state index contributed by atoms with van der Waals surface area (Å²) in [5.74, 6) is -1.18. The maximum Gasteiger partial charge on any atom is 0.296 e. The van der Waals surface area contributed by atoms with Gasteiger partial charge in [-0.2, -0.15) is 0 Å². The molecule has 0 aliphatic carbocycles. The number of aromatic hydroxyl groups is 1. The van der Waals surface area contributed by atoms with Crippen molar-refractivity contribution >= 4 is 39.9 Å². The predicted molar refractivity (Wildman–Crippen MR) is 123 cm³/mol. The molecule has 0 saturated carbocycles. The van der Waals surface area contributed by atoms with Gasteiger partial charge in [0.2, 0.25) is 5.88 Å². The summed E-state index contributed by atoms with van der Waals surface area (Å²) in [4.78, 5) is 29.6. The first kappa shape index (κ1) is 21.4. The van der Waals surface area contributed by atoms with Crippen LogP contribution in [0.5, 0.6) is 11.6 Å². The Kier molecular flexibility index (Phi) is 5.83. The van der Waals surface area contributed by atoms with Gasteiger partial charge in [-0.05, 0) is 48.9 Å². The van der Waals surface area contributed by atoms with Crippen molar-refractivity contribution in [2.24, 2.45) is 0 Å². The van der Waals surface area contributed by atoms with Gasteiger partial charge in [-0.15, -0.1) is 0 Å². The van der Waals surface area contributed by atoms with E-state index in [2.05, 4.69) is 10.3 Å². The van der Waals surface area contributed by atoms with Crippen molar-refractivity contribution in [1.82, 2.24) is 9.55 Å². The highest BCUT2D eigenvalue weighted by Gasteiger charge is 2.26. The van der Waals surface area contributed by atoms with Gasteiger partial charge in [-0.1, -0.05) is 23.7 Å². The number of Topliss-reactive ketones (excluding diaryl/α,β-unsaturated/α-hetero) is 1. The summed E-state index contributed by atoms with van der Waals surface area (Å²) in [5, 5.41) is 13.3. The van der Waals surface area contributed by atoms with Crippen LogP contribution in [-0.4, -0.2) is 33.5 Å². The Morgan fingerprint density at radius 1 is 1.12 bits per heavy atom. The van der Waals surface area contributed by atoms with Crippen LogP contribution in [-0.2, 0) is 11.3 Å². The summed E-state index contributed by atoms with van der Waals surface area (Å²) in [6.45, 7) is 2.31. The molecule has 0 aliphatic rings. The molecule has 0 aliphatic heterocycles. The van der Waals surface area contributed by atoms with Gasteiger partial charge in [0.15, 0.2) is 0 Å². The standard InChI is InChI=1S/C24H20ClN3O4/c1-14-22(23(30)24(31)27-17-9-10-26-21(29)11-17)19-12-18(32-2)7-8-20(19)28(14)13-15-3-5-16(25)6-4-15/h3-12H,13H2,1-2H3,(H2,26,27,29,31). The lowest BCUT2D eigenvalue weighted by molar-refractivity contribution is -0.112. The Hall–Kier alpha value is -3.84. The quantitative estimate of drug-likeness (QED) is 0.332. The van der Waals surface area contributed by atoms with E-state index in [0.717, 1.165) is 11.1 Å². The molecule has 0 atom stereocenters. The number of rotatable bonds is 6. The molecule has 0 fully saturated rings. The van der Waals surface area contributed by atoms with E-state index in [1.807, 2.05) is 41.0 Å². The fourth-order valence-corrected chi connectivity index (χ4v) is 3.77. The van der Waals surface area contributed by atoms with Crippen LogP contribution < -0.4 is 10.1 Å². The molecule has 0 radical (unpaired) electrons. The number of hydrogen-bond donors (Lipinski definition) is 2. The topological polar surface area (TPSA) is 93.5 Å². The van der Waals surface area contributed by atoms with Crippen LogP contribution in [0, 0.1) is 6.92 Å². The molecule has 0 spiro atoms. The Bertz CT molecular complexity index is 1330. The molecule has 7 nitrogen and oxygen atoms in total. The fraction of sp³-hybridized carbons (Fsp3) is 0.125. The van der Waals surface area contributed by atoms with Crippen LogP contribution in [0.3, 0.4) is 0 Å². The van der Waals surface area contributed by atoms with Gasteiger partial charge >= 0.3 is 0 Å². The van der Waals surface area contributed by atoms with Crippen molar-refractivity contribution < 1.29 is 19.4 Å². The smallest absolute Gasteiger partial charge is 0.296 e. The number of carbonyl (C=O) groups is 2. The monoisotopic (exact) mass is 449 g/mol. The van der Waals surface area contributed by atoms with Crippen molar-refractivity contribution in [2.45, 2.75) is 13.5 Å². The summed E-state index contributed by atoms with van der Waals surface area (Å²) < 4.78 is 7.32. The molecule has 2 aromatic heterocycles. The summed E-state index contributed by atoms with van der Waals surface area (Å²) >= 11 is 6.00. The number of ether oxygens (including phenoxy) is 1. The van der Waals surface area contributed by atoms with Crippen LogP contribution in [0.2, 0.25) is 5.02 Å². The Labute approximate surface area is 189 Å². The van der Waals surface area contributed by atoms with E-state index in [-0.39, 0.29) is 11.6 Å². The van der Waals surface area contributed by atoms with Crippen molar-refractivity contribution in [3.63, 3.8) is 0 Å². The van der Waals surface area contributed by atoms with E-state index >= 15 is 0 Å². The van der Waals surface area contributed by atoms with E-state index in [4.69, 9.17) is 16.3 Å². The average molecular weight is 450 g/mol. The van der Waals surface area contributed by atoms with Crippen molar-refractivity contribution in [3.8, 4) is 11.6 Å². The lowest BCUT2D eigenvalue weighted by Crippen LogP contribution is -2.23. The molecule has 1 amide bonds. The van der Waals surface area contributed by atoms with E-state index < -0.39 is 11.7 Å². The minimum Gasteiger partial charge on any atom is -0.497 e. The number of hydrogen-bond acceptors (Lipinski definition) is 5. The van der Waals surface area contributed by atoms with Crippen LogP contribution in [0.1, 0.15) is 21.6 Å². The third-order valence-corrected chi connectivity index (χ3v) is 5.47. The number of pyridine rings is 1. The lowest BCUT2D eigenvalue weighted by Gasteiger charge is -2.09. The molecule has 0 bridgehead atoms. The van der Waals surface area contributed by atoms with Crippen LogP contribution in [0.25, 0.3) is 10.9 Å². The Morgan fingerprint density at radius 3 is 2.56 bits per heavy atom. The number of ketones is 1. The predicted octanol–water partition coefficient (Wildman–Crippen LogP) is 4.58. The number of methoxy groups -OCH3 is 1. The molecule has 32 heavy (non-hydrogen) atoms. The molecule has 8 heteroatoms. The van der Waals surface area contributed by atoms with E-state index in [1.165, 1.54) is 18.3 Å². The second kappa shape index (κ2) is 8.72. The number of halogens is 1. The van der Waals surface area contributed by atoms with Gasteiger partial charge in [-0.25, -0.2) is 4.98 Å². The second-order valence-electron chi connectivity index (χ2n) is 7.24. The zero-order valence-electron chi connectivity index (χ0n) is 17.4. The molecule has 4 rings (SSSR count). The molecular weight excluding hydrogens is 430 g/mol. The maximum absolute atomic E-state index is 13.2. The van der Waals surface area contributed by atoms with Gasteiger partial charge in [0.25, 0.3) is 11.7 Å². The number of nitrogens with zero attached hydrogens (tertiary/aromatic N) is 2. The number of anilines is 1. The molecular formula is C24H20ClN3O4. The number of carbonyl (C=O) groups excluding carboxylic acids is 2. The van der Waals surface area contributed by atoms with Crippen molar-refractivity contribution in [2.75, 3.05) is 12.4 Å². The number of benzene rings is 2. The average Bonchev–Trinajstić information content (AvgIpc) is 3.05.